The van der Waals surface area contributed by atoms with Crippen LogP contribution >= 0.6 is 34.7 Å². The van der Waals surface area contributed by atoms with Gasteiger partial charge < -0.3 is 0 Å². The lowest BCUT2D eigenvalue weighted by atomic mass is 10.0. The number of thioether (sulfide) groups is 1. The van der Waals surface area contributed by atoms with Gasteiger partial charge in [-0.2, -0.15) is 0 Å². The van der Waals surface area contributed by atoms with Crippen molar-refractivity contribution in [3.05, 3.63) is 136 Å². The highest BCUT2D eigenvalue weighted by Crippen LogP contribution is 2.33. The number of carbonyl (C=O) groups is 1. The van der Waals surface area contributed by atoms with Gasteiger partial charge in [-0.05, 0) is 41.0 Å². The van der Waals surface area contributed by atoms with Crippen molar-refractivity contribution >= 4 is 50.7 Å². The number of para-hydroxylation sites is 1. The molecule has 0 atom stereocenters. The van der Waals surface area contributed by atoms with Gasteiger partial charge in [0.1, 0.15) is 4.83 Å². The molecule has 0 bridgehead atoms. The smallest absolute Gasteiger partial charge is 0.268 e. The van der Waals surface area contributed by atoms with E-state index in [2.05, 4.69) is 0 Å². The highest BCUT2D eigenvalue weighted by atomic mass is 35.5. The number of thiophene rings is 1. The summed E-state index contributed by atoms with van der Waals surface area (Å²) in [6, 6.07) is 34.5. The van der Waals surface area contributed by atoms with Gasteiger partial charge in [0.05, 0.1) is 16.8 Å². The maximum absolute atomic E-state index is 14.0. The second kappa shape index (κ2) is 11.0. The molecule has 2 heterocycles. The van der Waals surface area contributed by atoms with E-state index in [1.165, 1.54) is 23.1 Å². The normalized spacial score (nSPS) is 11.1. The fourth-order valence-electron chi connectivity index (χ4n) is 4.41. The minimum Gasteiger partial charge on any atom is -0.293 e. The van der Waals surface area contributed by atoms with Crippen LogP contribution in [0, 0.1) is 0 Å². The number of fused-ring (bicyclic) bond motifs is 1. The molecule has 0 aliphatic rings. The fraction of sp³-hybridized carbons (Fsp3) is 0.0312. The lowest BCUT2D eigenvalue weighted by Crippen LogP contribution is -2.22. The first-order chi connectivity index (χ1) is 19.1. The predicted octanol–water partition coefficient (Wildman–Crippen LogP) is 8.41. The van der Waals surface area contributed by atoms with Crippen LogP contribution < -0.4 is 5.56 Å². The third kappa shape index (κ3) is 5.19. The van der Waals surface area contributed by atoms with Crippen molar-refractivity contribution in [2.45, 2.75) is 5.16 Å². The van der Waals surface area contributed by atoms with Gasteiger partial charge in [-0.25, -0.2) is 4.98 Å². The molecule has 0 aliphatic carbocycles. The van der Waals surface area contributed by atoms with Crippen molar-refractivity contribution in [2.75, 3.05) is 5.75 Å². The number of Topliss-reactive ketones (excluding diaryl/α,β-unsaturated/α-hetero) is 1. The molecule has 0 saturated heterocycles. The molecule has 4 nitrogen and oxygen atoms in total. The SMILES string of the molecule is O=C(CSc1nc2scc(-c3ccc(Cl)cc3)c2c(=O)n1-c1ccccc1)c1ccc(-c2ccccc2)cc1. The summed E-state index contributed by atoms with van der Waals surface area (Å²) in [5, 5.41) is 3.62. The molecule has 0 aliphatic heterocycles. The Morgan fingerprint density at radius 3 is 2.10 bits per heavy atom. The van der Waals surface area contributed by atoms with Crippen LogP contribution in [0.3, 0.4) is 0 Å². The highest BCUT2D eigenvalue weighted by molar-refractivity contribution is 7.99. The second-order valence-corrected chi connectivity index (χ2v) is 11.1. The second-order valence-electron chi connectivity index (χ2n) is 8.86. The van der Waals surface area contributed by atoms with E-state index in [4.69, 9.17) is 16.6 Å². The Balaban J connectivity index is 1.34. The molecule has 39 heavy (non-hydrogen) atoms. The molecule has 0 amide bonds. The lowest BCUT2D eigenvalue weighted by Gasteiger charge is -2.12. The van der Waals surface area contributed by atoms with Crippen LogP contribution in [0.2, 0.25) is 5.02 Å². The standard InChI is InChI=1S/C32H21ClN2O2S2/c33-25-17-15-23(16-18-25)27-19-38-30-29(27)31(37)35(26-9-5-2-6-10-26)32(34-30)39-20-28(36)24-13-11-22(12-14-24)21-7-3-1-4-8-21/h1-19H,20H2. The molecule has 6 aromatic rings. The summed E-state index contributed by atoms with van der Waals surface area (Å²) in [4.78, 5) is 32.6. The Kier molecular flexibility index (Phi) is 7.16. The number of rotatable bonds is 7. The van der Waals surface area contributed by atoms with Gasteiger partial charge in [-0.3, -0.25) is 14.2 Å². The molecular weight excluding hydrogens is 544 g/mol. The minimum atomic E-state index is -0.167. The van der Waals surface area contributed by atoms with Crippen molar-refractivity contribution in [1.29, 1.82) is 0 Å². The summed E-state index contributed by atoms with van der Waals surface area (Å²) >= 11 is 8.78. The van der Waals surface area contributed by atoms with Crippen LogP contribution in [-0.4, -0.2) is 21.1 Å². The predicted molar refractivity (Wildman–Crippen MR) is 163 cm³/mol. The maximum atomic E-state index is 14.0. The summed E-state index contributed by atoms with van der Waals surface area (Å²) in [7, 11) is 0. The number of aromatic nitrogens is 2. The Morgan fingerprint density at radius 2 is 1.41 bits per heavy atom. The maximum Gasteiger partial charge on any atom is 0.268 e. The average molecular weight is 565 g/mol. The molecule has 0 N–H and O–H groups in total. The Morgan fingerprint density at radius 1 is 0.795 bits per heavy atom. The van der Waals surface area contributed by atoms with Gasteiger partial charge in [-0.15, -0.1) is 11.3 Å². The topological polar surface area (TPSA) is 52.0 Å². The summed E-state index contributed by atoms with van der Waals surface area (Å²) in [6.07, 6.45) is 0. The molecule has 0 saturated carbocycles. The zero-order valence-electron chi connectivity index (χ0n) is 20.6. The highest BCUT2D eigenvalue weighted by Gasteiger charge is 2.19. The van der Waals surface area contributed by atoms with E-state index < -0.39 is 0 Å². The number of ketones is 1. The van der Waals surface area contributed by atoms with Crippen LogP contribution in [0.25, 0.3) is 38.2 Å². The number of carbonyl (C=O) groups excluding carboxylic acids is 1. The number of halogens is 1. The van der Waals surface area contributed by atoms with Gasteiger partial charge >= 0.3 is 0 Å². The molecule has 0 radical (unpaired) electrons. The quantitative estimate of drug-likeness (QED) is 0.111. The van der Waals surface area contributed by atoms with Crippen molar-refractivity contribution in [1.82, 2.24) is 9.55 Å². The van der Waals surface area contributed by atoms with Crippen molar-refractivity contribution in [3.63, 3.8) is 0 Å². The van der Waals surface area contributed by atoms with Crippen LogP contribution in [0.4, 0.5) is 0 Å². The van der Waals surface area contributed by atoms with Crippen LogP contribution in [0.5, 0.6) is 0 Å². The lowest BCUT2D eigenvalue weighted by molar-refractivity contribution is 0.102. The van der Waals surface area contributed by atoms with E-state index in [0.717, 1.165) is 22.3 Å². The average Bonchev–Trinajstić information content (AvgIpc) is 3.42. The summed E-state index contributed by atoms with van der Waals surface area (Å²) in [6.45, 7) is 0. The minimum absolute atomic E-state index is 0.0263. The van der Waals surface area contributed by atoms with Gasteiger partial charge in [0.2, 0.25) is 0 Å². The molecule has 4 aromatic carbocycles. The van der Waals surface area contributed by atoms with Crippen molar-refractivity contribution in [2.24, 2.45) is 0 Å². The molecule has 0 unspecified atom stereocenters. The molecular formula is C32H21ClN2O2S2. The molecule has 6 rings (SSSR count). The number of benzene rings is 4. The van der Waals surface area contributed by atoms with E-state index in [-0.39, 0.29) is 17.1 Å². The molecule has 2 aromatic heterocycles. The van der Waals surface area contributed by atoms with Crippen LogP contribution in [-0.2, 0) is 0 Å². The van der Waals surface area contributed by atoms with Gasteiger partial charge in [0, 0.05) is 21.5 Å². The largest absolute Gasteiger partial charge is 0.293 e. The zero-order valence-corrected chi connectivity index (χ0v) is 23.0. The Bertz CT molecular complexity index is 1830. The van der Waals surface area contributed by atoms with E-state index in [1.54, 1.807) is 4.57 Å². The third-order valence-electron chi connectivity index (χ3n) is 6.39. The van der Waals surface area contributed by atoms with E-state index >= 15 is 0 Å². The van der Waals surface area contributed by atoms with Gasteiger partial charge in [-0.1, -0.05) is 108 Å². The fourth-order valence-corrected chi connectivity index (χ4v) is 6.43. The van der Waals surface area contributed by atoms with E-state index in [1.807, 2.05) is 115 Å². The summed E-state index contributed by atoms with van der Waals surface area (Å²) in [5.74, 6) is 0.131. The first kappa shape index (κ1) is 25.3. The van der Waals surface area contributed by atoms with E-state index in [9.17, 15) is 9.59 Å². The van der Waals surface area contributed by atoms with Crippen molar-refractivity contribution in [3.8, 4) is 27.9 Å². The summed E-state index contributed by atoms with van der Waals surface area (Å²) in [5.41, 5.74) is 5.03. The number of hydrogen-bond donors (Lipinski definition) is 0. The number of hydrogen-bond acceptors (Lipinski definition) is 5. The first-order valence-electron chi connectivity index (χ1n) is 12.3. The van der Waals surface area contributed by atoms with Gasteiger partial charge in [0.25, 0.3) is 5.56 Å². The number of nitrogens with zero attached hydrogens (tertiary/aromatic N) is 2. The van der Waals surface area contributed by atoms with Crippen molar-refractivity contribution < 1.29 is 4.79 Å². The first-order valence-corrected chi connectivity index (χ1v) is 14.5. The zero-order chi connectivity index (χ0) is 26.8. The molecule has 190 valence electrons. The van der Waals surface area contributed by atoms with Crippen LogP contribution in [0.15, 0.2) is 125 Å². The molecule has 7 heteroatoms. The third-order valence-corrected chi connectivity index (χ3v) is 8.46. The molecule has 0 fully saturated rings. The van der Waals surface area contributed by atoms with E-state index in [0.29, 0.717) is 31.6 Å². The Labute approximate surface area is 238 Å². The molecule has 0 spiro atoms. The monoisotopic (exact) mass is 564 g/mol. The Hall–Kier alpha value is -3.97. The van der Waals surface area contributed by atoms with Gasteiger partial charge in [0.15, 0.2) is 10.9 Å². The van der Waals surface area contributed by atoms with Crippen LogP contribution in [0.1, 0.15) is 10.4 Å². The summed E-state index contributed by atoms with van der Waals surface area (Å²) < 4.78 is 1.60.